The summed E-state index contributed by atoms with van der Waals surface area (Å²) < 4.78 is 11.6. The normalized spacial score (nSPS) is 39.1. The number of fused-ring (bicyclic) bond motifs is 1. The molecule has 4 aliphatic carbocycles. The first-order valence-corrected chi connectivity index (χ1v) is 9.80. The van der Waals surface area contributed by atoms with Crippen molar-refractivity contribution in [3.8, 4) is 11.5 Å². The number of hydrogen-bond acceptors (Lipinski definition) is 3. The predicted molar refractivity (Wildman–Crippen MR) is 94.6 cm³/mol. The Morgan fingerprint density at radius 1 is 1.08 bits per heavy atom. The maximum atomic E-state index is 12.8. The van der Waals surface area contributed by atoms with Gasteiger partial charge in [0.2, 0.25) is 6.10 Å². The minimum Gasteiger partial charge on any atom is -0.485 e. The van der Waals surface area contributed by atoms with E-state index in [0.717, 1.165) is 23.5 Å². The minimum atomic E-state index is -0.550. The molecule has 25 heavy (non-hydrogen) atoms. The van der Waals surface area contributed by atoms with E-state index in [0.29, 0.717) is 11.2 Å². The van der Waals surface area contributed by atoms with Gasteiger partial charge in [-0.1, -0.05) is 12.1 Å². The van der Waals surface area contributed by atoms with Crippen LogP contribution < -0.4 is 14.8 Å². The van der Waals surface area contributed by atoms with Crippen LogP contribution in [0.4, 0.5) is 0 Å². The lowest BCUT2D eigenvalue weighted by Gasteiger charge is -2.59. The molecular formula is C21H27NO3. The van der Waals surface area contributed by atoms with E-state index in [9.17, 15) is 4.79 Å². The summed E-state index contributed by atoms with van der Waals surface area (Å²) in [5.41, 5.74) is 0.317. The van der Waals surface area contributed by atoms with Crippen molar-refractivity contribution in [1.82, 2.24) is 5.32 Å². The molecule has 0 saturated heterocycles. The van der Waals surface area contributed by atoms with E-state index in [4.69, 9.17) is 9.47 Å². The second-order valence-electron chi connectivity index (χ2n) is 8.87. The molecule has 2 atom stereocenters. The quantitative estimate of drug-likeness (QED) is 0.915. The molecule has 1 amide bonds. The molecule has 4 nitrogen and oxygen atoms in total. The molecule has 4 saturated carbocycles. The number of carbonyl (C=O) groups excluding carboxylic acids is 1. The summed E-state index contributed by atoms with van der Waals surface area (Å²) in [6.45, 7) is 2.50. The second kappa shape index (κ2) is 5.65. The number of carbonyl (C=O) groups is 1. The van der Waals surface area contributed by atoms with Crippen molar-refractivity contribution in [1.29, 1.82) is 0 Å². The van der Waals surface area contributed by atoms with Crippen LogP contribution in [0.15, 0.2) is 24.3 Å². The van der Waals surface area contributed by atoms with Crippen LogP contribution in [0.3, 0.4) is 0 Å². The van der Waals surface area contributed by atoms with Crippen molar-refractivity contribution >= 4 is 5.91 Å². The summed E-state index contributed by atoms with van der Waals surface area (Å²) in [6, 6.07) is 7.77. The lowest BCUT2D eigenvalue weighted by Crippen LogP contribution is -2.58. The first kappa shape index (κ1) is 15.5. The Bertz CT molecular complexity index is 650. The molecule has 1 aromatic rings. The van der Waals surface area contributed by atoms with Crippen molar-refractivity contribution in [2.45, 2.75) is 57.6 Å². The fourth-order valence-electron chi connectivity index (χ4n) is 6.32. The van der Waals surface area contributed by atoms with E-state index in [1.54, 1.807) is 0 Å². The van der Waals surface area contributed by atoms with Gasteiger partial charge < -0.3 is 14.8 Å². The first-order chi connectivity index (χ1) is 12.1. The molecule has 0 radical (unpaired) electrons. The Kier molecular flexibility index (Phi) is 3.51. The maximum absolute atomic E-state index is 12.8. The molecule has 0 aromatic heterocycles. The molecule has 1 heterocycles. The fourth-order valence-corrected chi connectivity index (χ4v) is 6.32. The highest BCUT2D eigenvalue weighted by Gasteiger charge is 2.53. The first-order valence-electron chi connectivity index (χ1n) is 9.80. The molecule has 5 aliphatic rings. The third-order valence-electron chi connectivity index (χ3n) is 7.16. The monoisotopic (exact) mass is 341 g/mol. The maximum Gasteiger partial charge on any atom is 0.264 e. The van der Waals surface area contributed by atoms with Gasteiger partial charge >= 0.3 is 0 Å². The van der Waals surface area contributed by atoms with E-state index in [2.05, 4.69) is 12.2 Å². The molecule has 0 unspecified atom stereocenters. The van der Waals surface area contributed by atoms with Crippen LogP contribution in [0.2, 0.25) is 0 Å². The van der Waals surface area contributed by atoms with Crippen molar-refractivity contribution in [2.75, 3.05) is 6.61 Å². The summed E-state index contributed by atoms with van der Waals surface area (Å²) in [5, 5.41) is 3.29. The highest BCUT2D eigenvalue weighted by Crippen LogP contribution is 2.61. The number of benzene rings is 1. The summed E-state index contributed by atoms with van der Waals surface area (Å²) in [5.74, 6) is 4.04. The van der Waals surface area contributed by atoms with Gasteiger partial charge in [0.15, 0.2) is 11.5 Å². The Morgan fingerprint density at radius 3 is 2.32 bits per heavy atom. The van der Waals surface area contributed by atoms with E-state index < -0.39 is 6.10 Å². The number of ether oxygens (including phenoxy) is 2. The molecule has 134 valence electrons. The van der Waals surface area contributed by atoms with Crippen LogP contribution in [-0.2, 0) is 4.79 Å². The van der Waals surface area contributed by atoms with Crippen molar-refractivity contribution in [3.05, 3.63) is 24.3 Å². The average Bonchev–Trinajstić information content (AvgIpc) is 2.60. The summed E-state index contributed by atoms with van der Waals surface area (Å²) >= 11 is 0. The van der Waals surface area contributed by atoms with Gasteiger partial charge in [-0.3, -0.25) is 4.79 Å². The van der Waals surface area contributed by atoms with Crippen molar-refractivity contribution in [2.24, 2.45) is 23.2 Å². The Morgan fingerprint density at radius 2 is 1.68 bits per heavy atom. The number of hydrogen-bond donors (Lipinski definition) is 1. The summed E-state index contributed by atoms with van der Waals surface area (Å²) in [4.78, 5) is 12.8. The third kappa shape index (κ3) is 2.61. The average molecular weight is 341 g/mol. The van der Waals surface area contributed by atoms with Crippen molar-refractivity contribution < 1.29 is 14.3 Å². The highest BCUT2D eigenvalue weighted by atomic mass is 16.6. The molecule has 1 aromatic carbocycles. The van der Waals surface area contributed by atoms with Gasteiger partial charge in [0.1, 0.15) is 6.61 Å². The molecule has 4 fully saturated rings. The summed E-state index contributed by atoms with van der Waals surface area (Å²) in [6.07, 6.45) is 7.62. The van der Waals surface area contributed by atoms with Crippen LogP contribution >= 0.6 is 0 Å². The zero-order chi connectivity index (χ0) is 17.0. The van der Waals surface area contributed by atoms with Gasteiger partial charge in [-0.05, 0) is 80.8 Å². The van der Waals surface area contributed by atoms with Gasteiger partial charge in [0, 0.05) is 6.04 Å². The van der Waals surface area contributed by atoms with Gasteiger partial charge in [-0.25, -0.2) is 0 Å². The SMILES string of the molecule is C[C@H](NC(=O)[C@@H]1COc2ccccc2O1)C12CC3CC(CC(C3)C1)C2. The fraction of sp³-hybridized carbons (Fsp3) is 0.667. The van der Waals surface area contributed by atoms with Crippen LogP contribution in [-0.4, -0.2) is 24.7 Å². The Balaban J connectivity index is 1.27. The molecule has 1 aliphatic heterocycles. The molecular weight excluding hydrogens is 314 g/mol. The highest BCUT2D eigenvalue weighted by molar-refractivity contribution is 5.82. The predicted octanol–water partition coefficient (Wildman–Crippen LogP) is 3.55. The second-order valence-corrected chi connectivity index (χ2v) is 8.87. The van der Waals surface area contributed by atoms with E-state index in [-0.39, 0.29) is 18.6 Å². The van der Waals surface area contributed by atoms with Crippen LogP contribution in [0.1, 0.15) is 45.4 Å². The van der Waals surface area contributed by atoms with Crippen LogP contribution in [0, 0.1) is 23.2 Å². The topological polar surface area (TPSA) is 47.6 Å². The van der Waals surface area contributed by atoms with Crippen LogP contribution in [0.5, 0.6) is 11.5 Å². The minimum absolute atomic E-state index is 0.0299. The lowest BCUT2D eigenvalue weighted by atomic mass is 9.48. The van der Waals surface area contributed by atoms with Gasteiger partial charge in [-0.15, -0.1) is 0 Å². The Labute approximate surface area is 149 Å². The summed E-state index contributed by atoms with van der Waals surface area (Å²) in [7, 11) is 0. The third-order valence-corrected chi connectivity index (χ3v) is 7.16. The van der Waals surface area contributed by atoms with E-state index in [1.807, 2.05) is 24.3 Å². The standard InChI is InChI=1S/C21H27NO3/c1-13(21-9-14-6-15(10-21)8-16(7-14)11-21)22-20(23)19-12-24-17-4-2-3-5-18(17)25-19/h2-5,13-16,19H,6-12H2,1H3,(H,22,23)/t13-,14?,15?,16?,19-,21?/m0/s1. The smallest absolute Gasteiger partial charge is 0.264 e. The van der Waals surface area contributed by atoms with Gasteiger partial charge in [0.25, 0.3) is 5.91 Å². The van der Waals surface area contributed by atoms with Gasteiger partial charge in [-0.2, -0.15) is 0 Å². The Hall–Kier alpha value is -1.71. The number of amides is 1. The number of rotatable bonds is 3. The zero-order valence-electron chi connectivity index (χ0n) is 14.9. The largest absolute Gasteiger partial charge is 0.485 e. The van der Waals surface area contributed by atoms with Gasteiger partial charge in [0.05, 0.1) is 0 Å². The molecule has 1 N–H and O–H groups in total. The van der Waals surface area contributed by atoms with Crippen LogP contribution in [0.25, 0.3) is 0 Å². The zero-order valence-corrected chi connectivity index (χ0v) is 14.9. The molecule has 4 heteroatoms. The molecule has 6 rings (SSSR count). The van der Waals surface area contributed by atoms with E-state index >= 15 is 0 Å². The molecule has 0 spiro atoms. The van der Waals surface area contributed by atoms with E-state index in [1.165, 1.54) is 38.5 Å². The number of para-hydroxylation sites is 2. The lowest BCUT2D eigenvalue weighted by molar-refractivity contribution is -0.134. The van der Waals surface area contributed by atoms with Crippen molar-refractivity contribution in [3.63, 3.8) is 0 Å². The molecule has 4 bridgehead atoms. The number of nitrogens with one attached hydrogen (secondary N) is 1.